The number of nitriles is 1. The number of fused-ring (bicyclic) bond motifs is 2. The number of ketones is 1. The lowest BCUT2D eigenvalue weighted by molar-refractivity contribution is -0.122. The van der Waals surface area contributed by atoms with Crippen LogP contribution in [0.1, 0.15) is 38.9 Å². The van der Waals surface area contributed by atoms with Crippen molar-refractivity contribution in [3.63, 3.8) is 0 Å². The number of carbonyl (C=O) groups is 1. The second-order valence-electron chi connectivity index (χ2n) is 9.87. The fourth-order valence-corrected chi connectivity index (χ4v) is 8.48. The van der Waals surface area contributed by atoms with Gasteiger partial charge in [-0.1, -0.05) is 71.7 Å². The Hall–Kier alpha value is -3.60. The van der Waals surface area contributed by atoms with Gasteiger partial charge in [0.05, 0.1) is 32.4 Å². The maximum Gasteiger partial charge on any atom is 0.175 e. The second-order valence-corrected chi connectivity index (χ2v) is 12.8. The molecule has 0 spiro atoms. The molecule has 4 aromatic carbocycles. The Morgan fingerprint density at radius 3 is 1.85 bits per heavy atom. The molecule has 1 aliphatic rings. The molecule has 6 aromatic rings. The number of thiazole rings is 2. The van der Waals surface area contributed by atoms with E-state index in [9.17, 15) is 10.1 Å². The molecule has 4 unspecified atom stereocenters. The van der Waals surface area contributed by atoms with E-state index in [0.717, 1.165) is 31.6 Å². The van der Waals surface area contributed by atoms with E-state index in [1.54, 1.807) is 0 Å². The first-order chi connectivity index (χ1) is 19.5. The SMILES string of the molecule is N#CC1(c2nc3ccccc3s2)C(=O)C(c2nc3ccccc3s2)C(c2ccc(Cl)cc2)C1c1ccc(Cl)cc1. The molecule has 0 radical (unpaired) electrons. The van der Waals surface area contributed by atoms with Gasteiger partial charge in [0, 0.05) is 21.9 Å². The van der Waals surface area contributed by atoms with Gasteiger partial charge < -0.3 is 0 Å². The fourth-order valence-electron chi connectivity index (χ4n) is 5.96. The number of hydrogen-bond acceptors (Lipinski definition) is 6. The van der Waals surface area contributed by atoms with E-state index in [2.05, 4.69) is 6.07 Å². The Labute approximate surface area is 248 Å². The number of hydrogen-bond donors (Lipinski definition) is 0. The quantitative estimate of drug-likeness (QED) is 0.204. The summed E-state index contributed by atoms with van der Waals surface area (Å²) < 4.78 is 1.93. The third-order valence-corrected chi connectivity index (χ3v) is 10.5. The second kappa shape index (κ2) is 9.79. The summed E-state index contributed by atoms with van der Waals surface area (Å²) in [7, 11) is 0. The Kier molecular flexibility index (Phi) is 6.21. The van der Waals surface area contributed by atoms with E-state index in [-0.39, 0.29) is 5.78 Å². The lowest BCUT2D eigenvalue weighted by Crippen LogP contribution is -2.36. The lowest BCUT2D eigenvalue weighted by atomic mass is 9.71. The molecule has 2 aromatic heterocycles. The maximum absolute atomic E-state index is 15.0. The number of para-hydroxylation sites is 2. The third kappa shape index (κ3) is 3.88. The van der Waals surface area contributed by atoms with Crippen molar-refractivity contribution in [2.45, 2.75) is 23.2 Å². The van der Waals surface area contributed by atoms with Crippen LogP contribution in [0.2, 0.25) is 10.0 Å². The van der Waals surface area contributed by atoms with Gasteiger partial charge >= 0.3 is 0 Å². The van der Waals surface area contributed by atoms with Crippen LogP contribution in [0.5, 0.6) is 0 Å². The molecule has 0 bridgehead atoms. The van der Waals surface area contributed by atoms with Crippen LogP contribution in [-0.2, 0) is 10.2 Å². The number of aromatic nitrogens is 2. The predicted molar refractivity (Wildman–Crippen MR) is 163 cm³/mol. The van der Waals surface area contributed by atoms with Crippen LogP contribution in [0, 0.1) is 11.3 Å². The molecule has 4 atom stereocenters. The zero-order valence-electron chi connectivity index (χ0n) is 20.8. The van der Waals surface area contributed by atoms with Crippen molar-refractivity contribution in [3.8, 4) is 6.07 Å². The molecule has 40 heavy (non-hydrogen) atoms. The predicted octanol–water partition coefficient (Wildman–Crippen LogP) is 8.91. The molecule has 0 aliphatic heterocycles. The zero-order valence-corrected chi connectivity index (χ0v) is 23.9. The van der Waals surface area contributed by atoms with Gasteiger partial charge in [0.15, 0.2) is 11.2 Å². The van der Waals surface area contributed by atoms with Crippen LogP contribution in [0.25, 0.3) is 20.4 Å². The van der Waals surface area contributed by atoms with Gasteiger partial charge in [-0.25, -0.2) is 9.97 Å². The van der Waals surface area contributed by atoms with Gasteiger partial charge in [0.2, 0.25) is 0 Å². The van der Waals surface area contributed by atoms with E-state index in [4.69, 9.17) is 33.2 Å². The smallest absolute Gasteiger partial charge is 0.175 e. The largest absolute Gasteiger partial charge is 0.297 e. The highest BCUT2D eigenvalue weighted by Gasteiger charge is 2.65. The third-order valence-electron chi connectivity index (χ3n) is 7.72. The van der Waals surface area contributed by atoms with Crippen LogP contribution in [-0.4, -0.2) is 15.8 Å². The maximum atomic E-state index is 15.0. The minimum absolute atomic E-state index is 0.187. The van der Waals surface area contributed by atoms with E-state index in [0.29, 0.717) is 20.1 Å². The summed E-state index contributed by atoms with van der Waals surface area (Å²) >= 11 is 15.5. The van der Waals surface area contributed by atoms with Crippen molar-refractivity contribution in [1.29, 1.82) is 5.26 Å². The Bertz CT molecular complexity index is 1880. The van der Waals surface area contributed by atoms with Gasteiger partial charge in [-0.3, -0.25) is 4.79 Å². The summed E-state index contributed by atoms with van der Waals surface area (Å²) in [5, 5.41) is 13.5. The normalized spacial score (nSPS) is 22.6. The molecule has 1 fully saturated rings. The number of halogens is 2. The summed E-state index contributed by atoms with van der Waals surface area (Å²) in [6.07, 6.45) is 0. The monoisotopic (exact) mass is 595 g/mol. The van der Waals surface area contributed by atoms with Crippen LogP contribution in [0.15, 0.2) is 97.1 Å². The molecule has 2 heterocycles. The average molecular weight is 597 g/mol. The van der Waals surface area contributed by atoms with E-state index in [1.165, 1.54) is 22.7 Å². The number of Topliss-reactive ketones (excluding diaryl/α,β-unsaturated/α-hetero) is 1. The van der Waals surface area contributed by atoms with Gasteiger partial charge in [0.25, 0.3) is 0 Å². The fraction of sp³-hybridized carbons (Fsp3) is 0.125. The Balaban J connectivity index is 1.55. The Morgan fingerprint density at radius 1 is 0.725 bits per heavy atom. The molecule has 0 saturated heterocycles. The number of carbonyl (C=O) groups excluding carboxylic acids is 1. The molecule has 4 nitrogen and oxygen atoms in total. The average Bonchev–Trinajstić information content (AvgIpc) is 3.66. The van der Waals surface area contributed by atoms with Crippen molar-refractivity contribution in [2.24, 2.45) is 0 Å². The molecule has 7 rings (SSSR count). The van der Waals surface area contributed by atoms with E-state index in [1.807, 2.05) is 97.1 Å². The standard InChI is InChI=1S/C32H19Cl2N3OS2/c33-20-13-9-18(10-14-20)26-27(30-36-22-5-1-3-7-24(22)39-30)29(38)32(17-35,28(26)19-11-15-21(34)16-12-19)31-37-23-6-2-4-8-25(23)40-31/h1-16,26-28H. The highest BCUT2D eigenvalue weighted by molar-refractivity contribution is 7.19. The first-order valence-corrected chi connectivity index (χ1v) is 15.1. The minimum atomic E-state index is -1.54. The first kappa shape index (κ1) is 25.4. The first-order valence-electron chi connectivity index (χ1n) is 12.7. The van der Waals surface area contributed by atoms with Crippen molar-refractivity contribution >= 4 is 72.1 Å². The summed E-state index contributed by atoms with van der Waals surface area (Å²) in [6.45, 7) is 0. The van der Waals surface area contributed by atoms with Crippen LogP contribution < -0.4 is 0 Å². The number of rotatable bonds is 4. The van der Waals surface area contributed by atoms with Gasteiger partial charge in [-0.2, -0.15) is 5.26 Å². The molecule has 1 aliphatic carbocycles. The summed E-state index contributed by atoms with van der Waals surface area (Å²) in [5.74, 6) is -1.78. The highest BCUT2D eigenvalue weighted by atomic mass is 35.5. The van der Waals surface area contributed by atoms with Gasteiger partial charge in [-0.15, -0.1) is 22.7 Å². The molecule has 0 amide bonds. The topological polar surface area (TPSA) is 66.6 Å². The Morgan fingerprint density at radius 2 is 1.27 bits per heavy atom. The lowest BCUT2D eigenvalue weighted by Gasteiger charge is -2.30. The summed E-state index contributed by atoms with van der Waals surface area (Å²) in [5.41, 5.74) is 1.83. The number of benzene rings is 4. The molecule has 0 N–H and O–H groups in total. The molecule has 8 heteroatoms. The van der Waals surface area contributed by atoms with Crippen LogP contribution in [0.4, 0.5) is 0 Å². The van der Waals surface area contributed by atoms with Crippen LogP contribution >= 0.6 is 45.9 Å². The summed E-state index contributed by atoms with van der Waals surface area (Å²) in [6, 6.07) is 33.2. The molecule has 1 saturated carbocycles. The van der Waals surface area contributed by atoms with Crippen molar-refractivity contribution in [3.05, 3.63) is 128 Å². The highest BCUT2D eigenvalue weighted by Crippen LogP contribution is 2.62. The summed E-state index contributed by atoms with van der Waals surface area (Å²) in [4.78, 5) is 24.8. The van der Waals surface area contributed by atoms with Crippen LogP contribution in [0.3, 0.4) is 0 Å². The number of nitrogens with zero attached hydrogens (tertiary/aromatic N) is 3. The van der Waals surface area contributed by atoms with Crippen molar-refractivity contribution in [1.82, 2.24) is 9.97 Å². The molecule has 194 valence electrons. The van der Waals surface area contributed by atoms with Gasteiger partial charge in [0.1, 0.15) is 10.0 Å². The zero-order chi connectivity index (χ0) is 27.4. The molecular weight excluding hydrogens is 577 g/mol. The van der Waals surface area contributed by atoms with Gasteiger partial charge in [-0.05, 0) is 59.7 Å². The minimum Gasteiger partial charge on any atom is -0.297 e. The van der Waals surface area contributed by atoms with Crippen molar-refractivity contribution in [2.75, 3.05) is 0 Å². The van der Waals surface area contributed by atoms with E-state index >= 15 is 0 Å². The molecular formula is C32H19Cl2N3OS2. The van der Waals surface area contributed by atoms with Crippen molar-refractivity contribution < 1.29 is 4.79 Å². The van der Waals surface area contributed by atoms with E-state index < -0.39 is 23.2 Å².